The number of piperidine rings is 1. The van der Waals surface area contributed by atoms with Crippen LogP contribution < -0.4 is 0 Å². The average molecular weight is 321 g/mol. The molecule has 1 aliphatic rings. The van der Waals surface area contributed by atoms with Crippen LogP contribution in [0.3, 0.4) is 0 Å². The van der Waals surface area contributed by atoms with Gasteiger partial charge in [-0.3, -0.25) is 4.79 Å². The van der Waals surface area contributed by atoms with E-state index in [4.69, 9.17) is 0 Å². The van der Waals surface area contributed by atoms with Crippen molar-refractivity contribution in [2.45, 2.75) is 45.1 Å². The van der Waals surface area contributed by atoms with E-state index in [9.17, 15) is 4.79 Å². The summed E-state index contributed by atoms with van der Waals surface area (Å²) in [5.74, 6) is 0.876. The summed E-state index contributed by atoms with van der Waals surface area (Å²) in [6, 6.07) is 20.9. The summed E-state index contributed by atoms with van der Waals surface area (Å²) in [7, 11) is 0. The Bertz CT molecular complexity index is 598. The molecule has 0 saturated carbocycles. The van der Waals surface area contributed by atoms with Gasteiger partial charge in [0.1, 0.15) is 0 Å². The minimum Gasteiger partial charge on any atom is -0.332 e. The second-order valence-corrected chi connectivity index (χ2v) is 6.81. The lowest BCUT2D eigenvalue weighted by molar-refractivity contribution is -0.137. The number of benzene rings is 2. The third kappa shape index (κ3) is 3.87. The van der Waals surface area contributed by atoms with Crippen LogP contribution >= 0.6 is 0 Å². The molecule has 1 unspecified atom stereocenters. The predicted octanol–water partition coefficient (Wildman–Crippen LogP) is 5.20. The van der Waals surface area contributed by atoms with Gasteiger partial charge in [-0.25, -0.2) is 0 Å². The zero-order valence-electron chi connectivity index (χ0n) is 14.5. The molecule has 0 aliphatic carbocycles. The number of carbonyl (C=O) groups is 1. The minimum atomic E-state index is 0.0343. The molecule has 2 nitrogen and oxygen atoms in total. The first-order valence-corrected chi connectivity index (χ1v) is 9.19. The summed E-state index contributed by atoms with van der Waals surface area (Å²) in [5, 5.41) is 0. The van der Waals surface area contributed by atoms with Crippen LogP contribution in [0.2, 0.25) is 0 Å². The van der Waals surface area contributed by atoms with E-state index >= 15 is 0 Å². The number of carbonyl (C=O) groups excluding carboxylic acids is 1. The van der Waals surface area contributed by atoms with Crippen molar-refractivity contribution in [1.82, 2.24) is 4.90 Å². The van der Waals surface area contributed by atoms with Gasteiger partial charge in [-0.05, 0) is 29.9 Å². The first-order chi connectivity index (χ1) is 11.8. The summed E-state index contributed by atoms with van der Waals surface area (Å²) < 4.78 is 0. The van der Waals surface area contributed by atoms with Crippen molar-refractivity contribution in [3.63, 3.8) is 0 Å². The van der Waals surface area contributed by atoms with Crippen LogP contribution in [0.15, 0.2) is 60.7 Å². The molecule has 24 heavy (non-hydrogen) atoms. The molecule has 0 N–H and O–H groups in total. The Kier molecular flexibility index (Phi) is 5.68. The van der Waals surface area contributed by atoms with Crippen LogP contribution in [0.25, 0.3) is 0 Å². The van der Waals surface area contributed by atoms with Gasteiger partial charge in [-0.2, -0.15) is 0 Å². The van der Waals surface area contributed by atoms with Crippen LogP contribution in [0.5, 0.6) is 0 Å². The highest BCUT2D eigenvalue weighted by Gasteiger charge is 2.32. The van der Waals surface area contributed by atoms with Crippen LogP contribution in [0.4, 0.5) is 0 Å². The third-order valence-corrected chi connectivity index (χ3v) is 5.07. The summed E-state index contributed by atoms with van der Waals surface area (Å²) in [6.07, 6.45) is 5.47. The van der Waals surface area contributed by atoms with Gasteiger partial charge in [-0.1, -0.05) is 80.4 Å². The number of hydrogen-bond donors (Lipinski definition) is 0. The molecular formula is C22H27NO. The fraction of sp³-hybridized carbons (Fsp3) is 0.409. The third-order valence-electron chi connectivity index (χ3n) is 5.07. The zero-order valence-corrected chi connectivity index (χ0v) is 14.5. The molecular weight excluding hydrogens is 294 g/mol. The molecule has 1 saturated heterocycles. The van der Waals surface area contributed by atoms with Gasteiger partial charge in [0.2, 0.25) is 5.91 Å². The number of likely N-dealkylation sites (tertiary alicyclic amines) is 1. The van der Waals surface area contributed by atoms with Crippen LogP contribution in [0, 0.1) is 5.92 Å². The van der Waals surface area contributed by atoms with Gasteiger partial charge in [0.15, 0.2) is 0 Å². The normalized spacial score (nSPS) is 18.2. The number of hydrogen-bond acceptors (Lipinski definition) is 1. The maximum Gasteiger partial charge on any atom is 0.223 e. The summed E-state index contributed by atoms with van der Waals surface area (Å²) in [4.78, 5) is 15.0. The second-order valence-electron chi connectivity index (χ2n) is 6.81. The monoisotopic (exact) mass is 321 g/mol. The van der Waals surface area contributed by atoms with Crippen LogP contribution in [0.1, 0.15) is 56.2 Å². The van der Waals surface area contributed by atoms with Gasteiger partial charge < -0.3 is 4.90 Å². The highest BCUT2D eigenvalue weighted by Crippen LogP contribution is 2.34. The summed E-state index contributed by atoms with van der Waals surface area (Å²) in [6.45, 7) is 3.08. The lowest BCUT2D eigenvalue weighted by Crippen LogP contribution is -2.41. The zero-order chi connectivity index (χ0) is 16.8. The average Bonchev–Trinajstić information content (AvgIpc) is 2.64. The van der Waals surface area contributed by atoms with Crippen molar-refractivity contribution < 1.29 is 4.79 Å². The van der Waals surface area contributed by atoms with E-state index in [1.807, 2.05) is 12.1 Å². The van der Waals surface area contributed by atoms with Gasteiger partial charge in [0.25, 0.3) is 0 Å². The SMILES string of the molecule is CCCCC1CCN(C(c2ccccc2)c2ccccc2)C(=O)C1. The van der Waals surface area contributed by atoms with Crippen LogP contribution in [-0.4, -0.2) is 17.4 Å². The van der Waals surface area contributed by atoms with Gasteiger partial charge >= 0.3 is 0 Å². The number of nitrogens with zero attached hydrogens (tertiary/aromatic N) is 1. The molecule has 0 bridgehead atoms. The second kappa shape index (κ2) is 8.14. The van der Waals surface area contributed by atoms with E-state index in [1.165, 1.54) is 30.4 Å². The molecule has 0 radical (unpaired) electrons. The standard InChI is InChI=1S/C22H27NO/c1-2-3-10-18-15-16-23(21(24)17-18)22(19-11-6-4-7-12-19)20-13-8-5-9-14-20/h4-9,11-14,18,22H,2-3,10,15-17H2,1H3. The lowest BCUT2D eigenvalue weighted by atomic mass is 9.88. The van der Waals surface area contributed by atoms with E-state index in [-0.39, 0.29) is 6.04 Å². The molecule has 2 heteroatoms. The fourth-order valence-electron chi connectivity index (χ4n) is 3.75. The van der Waals surface area contributed by atoms with E-state index < -0.39 is 0 Å². The predicted molar refractivity (Wildman–Crippen MR) is 98.7 cm³/mol. The quantitative estimate of drug-likeness (QED) is 0.715. The summed E-state index contributed by atoms with van der Waals surface area (Å²) in [5.41, 5.74) is 2.40. The Morgan fingerprint density at radius 3 is 2.08 bits per heavy atom. The Morgan fingerprint density at radius 1 is 1.00 bits per heavy atom. The van der Waals surface area contributed by atoms with Crippen molar-refractivity contribution in [1.29, 1.82) is 0 Å². The van der Waals surface area contributed by atoms with E-state index in [0.717, 1.165) is 13.0 Å². The van der Waals surface area contributed by atoms with Crippen molar-refractivity contribution in [3.8, 4) is 0 Å². The first kappa shape index (κ1) is 16.8. The molecule has 1 amide bonds. The number of amides is 1. The van der Waals surface area contributed by atoms with E-state index in [0.29, 0.717) is 18.2 Å². The topological polar surface area (TPSA) is 20.3 Å². The highest BCUT2D eigenvalue weighted by atomic mass is 16.2. The van der Waals surface area contributed by atoms with Crippen LogP contribution in [-0.2, 0) is 4.79 Å². The van der Waals surface area contributed by atoms with Gasteiger partial charge in [-0.15, -0.1) is 0 Å². The molecule has 2 aromatic carbocycles. The lowest BCUT2D eigenvalue weighted by Gasteiger charge is -2.38. The van der Waals surface area contributed by atoms with Crippen molar-refractivity contribution >= 4 is 5.91 Å². The maximum absolute atomic E-state index is 12.9. The highest BCUT2D eigenvalue weighted by molar-refractivity contribution is 5.78. The Hall–Kier alpha value is -2.09. The Morgan fingerprint density at radius 2 is 1.58 bits per heavy atom. The minimum absolute atomic E-state index is 0.0343. The van der Waals surface area contributed by atoms with Gasteiger partial charge in [0, 0.05) is 13.0 Å². The molecule has 126 valence electrons. The van der Waals surface area contributed by atoms with E-state index in [2.05, 4.69) is 60.4 Å². The fourth-order valence-corrected chi connectivity index (χ4v) is 3.75. The molecule has 1 heterocycles. The molecule has 0 spiro atoms. The molecule has 1 aliphatic heterocycles. The van der Waals surface area contributed by atoms with Crippen molar-refractivity contribution in [3.05, 3.63) is 71.8 Å². The number of rotatable bonds is 6. The largest absolute Gasteiger partial charge is 0.332 e. The summed E-state index contributed by atoms with van der Waals surface area (Å²) >= 11 is 0. The maximum atomic E-state index is 12.9. The Labute approximate surface area is 145 Å². The number of unbranched alkanes of at least 4 members (excludes halogenated alkanes) is 1. The van der Waals surface area contributed by atoms with E-state index in [1.54, 1.807) is 0 Å². The van der Waals surface area contributed by atoms with Gasteiger partial charge in [0.05, 0.1) is 6.04 Å². The molecule has 1 fully saturated rings. The Balaban J connectivity index is 1.83. The molecule has 0 aromatic heterocycles. The molecule has 3 rings (SSSR count). The first-order valence-electron chi connectivity index (χ1n) is 9.19. The molecule has 2 aromatic rings. The van der Waals surface area contributed by atoms with Crippen molar-refractivity contribution in [2.75, 3.05) is 6.54 Å². The smallest absolute Gasteiger partial charge is 0.223 e. The molecule has 1 atom stereocenters. The van der Waals surface area contributed by atoms with Crippen molar-refractivity contribution in [2.24, 2.45) is 5.92 Å².